The molecule has 0 saturated heterocycles. The van der Waals surface area contributed by atoms with Gasteiger partial charge in [-0.15, -0.1) is 0 Å². The van der Waals surface area contributed by atoms with Crippen molar-refractivity contribution in [3.63, 3.8) is 0 Å². The summed E-state index contributed by atoms with van der Waals surface area (Å²) in [6, 6.07) is 15.1. The van der Waals surface area contributed by atoms with E-state index in [1.807, 2.05) is 55.5 Å². The highest BCUT2D eigenvalue weighted by molar-refractivity contribution is 6.05. The van der Waals surface area contributed by atoms with Gasteiger partial charge in [-0.1, -0.05) is 35.9 Å². The van der Waals surface area contributed by atoms with E-state index in [1.54, 1.807) is 4.57 Å². The van der Waals surface area contributed by atoms with Crippen molar-refractivity contribution < 1.29 is 14.7 Å². The number of carbonyl (C=O) groups excluding carboxylic acids is 1. The van der Waals surface area contributed by atoms with Gasteiger partial charge >= 0.3 is 5.97 Å². The summed E-state index contributed by atoms with van der Waals surface area (Å²) in [6.07, 6.45) is 2.13. The number of aliphatic carboxylic acids is 1. The summed E-state index contributed by atoms with van der Waals surface area (Å²) < 4.78 is 1.73. The van der Waals surface area contributed by atoms with Crippen molar-refractivity contribution in [1.29, 1.82) is 0 Å². The number of aryl methyl sites for hydroxylation is 1. The van der Waals surface area contributed by atoms with Crippen molar-refractivity contribution in [3.05, 3.63) is 70.9 Å². The van der Waals surface area contributed by atoms with Crippen LogP contribution in [0.3, 0.4) is 0 Å². The number of hydrogen-bond donors (Lipinski definition) is 1. The summed E-state index contributed by atoms with van der Waals surface area (Å²) in [7, 11) is 0. The molecule has 1 aromatic heterocycles. The Morgan fingerprint density at radius 1 is 1.08 bits per heavy atom. The molecule has 4 rings (SSSR count). The average molecular weight is 333 g/mol. The SMILES string of the molecule is Cc1ccc(C(=O)n2c3c(c4ccccc42)C(C(=O)O)CCC3)cc1. The lowest BCUT2D eigenvalue weighted by Gasteiger charge is -2.21. The molecule has 2 aromatic carbocycles. The quantitative estimate of drug-likeness (QED) is 0.766. The number of carboxylic acid groups (broad SMARTS) is 1. The lowest BCUT2D eigenvalue weighted by atomic mass is 9.85. The monoisotopic (exact) mass is 333 g/mol. The number of aromatic nitrogens is 1. The Hall–Kier alpha value is -2.88. The molecule has 4 heteroatoms. The highest BCUT2D eigenvalue weighted by Crippen LogP contribution is 2.39. The van der Waals surface area contributed by atoms with Crippen LogP contribution in [0, 0.1) is 6.92 Å². The van der Waals surface area contributed by atoms with Gasteiger partial charge in [0, 0.05) is 16.6 Å². The maximum absolute atomic E-state index is 13.2. The van der Waals surface area contributed by atoms with E-state index in [9.17, 15) is 14.7 Å². The van der Waals surface area contributed by atoms with Crippen LogP contribution in [-0.4, -0.2) is 21.6 Å². The van der Waals surface area contributed by atoms with Crippen LogP contribution in [0.25, 0.3) is 10.9 Å². The normalized spacial score (nSPS) is 16.6. The fourth-order valence-electron chi connectivity index (χ4n) is 3.88. The molecule has 3 aromatic rings. The maximum Gasteiger partial charge on any atom is 0.311 e. The van der Waals surface area contributed by atoms with Gasteiger partial charge in [-0.2, -0.15) is 0 Å². The average Bonchev–Trinajstić information content (AvgIpc) is 2.96. The zero-order valence-corrected chi connectivity index (χ0v) is 14.0. The molecular formula is C21H19NO3. The fourth-order valence-corrected chi connectivity index (χ4v) is 3.88. The van der Waals surface area contributed by atoms with Crippen molar-refractivity contribution in [2.75, 3.05) is 0 Å². The second-order valence-corrected chi connectivity index (χ2v) is 6.67. The van der Waals surface area contributed by atoms with E-state index in [2.05, 4.69) is 0 Å². The van der Waals surface area contributed by atoms with Gasteiger partial charge < -0.3 is 5.11 Å². The molecular weight excluding hydrogens is 314 g/mol. The third-order valence-electron chi connectivity index (χ3n) is 5.07. The van der Waals surface area contributed by atoms with Crippen LogP contribution in [0.5, 0.6) is 0 Å². The molecule has 1 aliphatic rings. The maximum atomic E-state index is 13.2. The van der Waals surface area contributed by atoms with Crippen LogP contribution in [-0.2, 0) is 11.2 Å². The summed E-state index contributed by atoms with van der Waals surface area (Å²) in [5.41, 5.74) is 4.18. The minimum atomic E-state index is -0.813. The minimum Gasteiger partial charge on any atom is -0.481 e. The Kier molecular flexibility index (Phi) is 3.68. The number of carbonyl (C=O) groups is 2. The van der Waals surface area contributed by atoms with Crippen molar-refractivity contribution in [2.24, 2.45) is 0 Å². The molecule has 0 bridgehead atoms. The summed E-state index contributed by atoms with van der Waals surface area (Å²) in [5.74, 6) is -1.45. The molecule has 0 saturated carbocycles. The highest BCUT2D eigenvalue weighted by Gasteiger charge is 2.33. The summed E-state index contributed by atoms with van der Waals surface area (Å²) in [4.78, 5) is 24.9. The van der Waals surface area contributed by atoms with E-state index in [-0.39, 0.29) is 5.91 Å². The van der Waals surface area contributed by atoms with Crippen molar-refractivity contribution in [3.8, 4) is 0 Å². The molecule has 0 radical (unpaired) electrons. The Bertz CT molecular complexity index is 982. The van der Waals surface area contributed by atoms with Crippen LogP contribution in [0.1, 0.15) is 45.9 Å². The van der Waals surface area contributed by atoms with E-state index in [0.29, 0.717) is 12.0 Å². The van der Waals surface area contributed by atoms with Gasteiger partial charge in [0.15, 0.2) is 0 Å². The topological polar surface area (TPSA) is 59.3 Å². The fraction of sp³-hybridized carbons (Fsp3) is 0.238. The predicted octanol–water partition coefficient (Wildman–Crippen LogP) is 4.14. The molecule has 1 aliphatic carbocycles. The van der Waals surface area contributed by atoms with Crippen molar-refractivity contribution in [2.45, 2.75) is 32.1 Å². The second kappa shape index (κ2) is 5.88. The van der Waals surface area contributed by atoms with E-state index in [4.69, 9.17) is 0 Å². The lowest BCUT2D eigenvalue weighted by molar-refractivity contribution is -0.139. The lowest BCUT2D eigenvalue weighted by Crippen LogP contribution is -2.21. The number of para-hydroxylation sites is 1. The standard InChI is InChI=1S/C21H19NO3/c1-13-9-11-14(12-10-13)20(23)22-17-7-3-2-5-15(17)19-16(21(24)25)6-4-8-18(19)22/h2-3,5,7,9-12,16H,4,6,8H2,1H3,(H,24,25). The number of carboxylic acids is 1. The van der Waals surface area contributed by atoms with Crippen LogP contribution in [0.4, 0.5) is 0 Å². The molecule has 1 N–H and O–H groups in total. The van der Waals surface area contributed by atoms with Gasteiger partial charge in [-0.3, -0.25) is 14.2 Å². The molecule has 126 valence electrons. The Morgan fingerprint density at radius 2 is 1.80 bits per heavy atom. The first-order chi connectivity index (χ1) is 12.1. The number of fused-ring (bicyclic) bond motifs is 3. The number of hydrogen-bond acceptors (Lipinski definition) is 2. The summed E-state index contributed by atoms with van der Waals surface area (Å²) in [5, 5.41) is 10.5. The van der Waals surface area contributed by atoms with Crippen LogP contribution >= 0.6 is 0 Å². The first-order valence-corrected chi connectivity index (χ1v) is 8.54. The molecule has 4 nitrogen and oxygen atoms in total. The van der Waals surface area contributed by atoms with Crippen LogP contribution in [0.15, 0.2) is 48.5 Å². The van der Waals surface area contributed by atoms with Crippen molar-refractivity contribution >= 4 is 22.8 Å². The van der Waals surface area contributed by atoms with Gasteiger partial charge in [0.2, 0.25) is 0 Å². The first kappa shape index (κ1) is 15.6. The third-order valence-corrected chi connectivity index (χ3v) is 5.07. The van der Waals surface area contributed by atoms with Crippen molar-refractivity contribution in [1.82, 2.24) is 4.57 Å². The molecule has 1 heterocycles. The first-order valence-electron chi connectivity index (χ1n) is 8.54. The Morgan fingerprint density at radius 3 is 2.52 bits per heavy atom. The molecule has 0 fully saturated rings. The van der Waals surface area contributed by atoms with E-state index in [0.717, 1.165) is 40.6 Å². The van der Waals surface area contributed by atoms with Gasteiger partial charge in [0.05, 0.1) is 11.4 Å². The summed E-state index contributed by atoms with van der Waals surface area (Å²) in [6.45, 7) is 1.98. The molecule has 0 amide bonds. The highest BCUT2D eigenvalue weighted by atomic mass is 16.4. The van der Waals surface area contributed by atoms with Gasteiger partial charge in [0.1, 0.15) is 0 Å². The number of nitrogens with zero attached hydrogens (tertiary/aromatic N) is 1. The van der Waals surface area contributed by atoms with Gasteiger partial charge in [0.25, 0.3) is 5.91 Å². The van der Waals surface area contributed by atoms with Crippen LogP contribution < -0.4 is 0 Å². The predicted molar refractivity (Wildman–Crippen MR) is 96.2 cm³/mol. The second-order valence-electron chi connectivity index (χ2n) is 6.67. The Balaban J connectivity index is 1.97. The smallest absolute Gasteiger partial charge is 0.311 e. The zero-order valence-electron chi connectivity index (χ0n) is 14.0. The number of rotatable bonds is 2. The van der Waals surface area contributed by atoms with Crippen LogP contribution in [0.2, 0.25) is 0 Å². The van der Waals surface area contributed by atoms with E-state index >= 15 is 0 Å². The zero-order chi connectivity index (χ0) is 17.6. The Labute approximate surface area is 145 Å². The molecule has 1 atom stereocenters. The number of benzene rings is 2. The van der Waals surface area contributed by atoms with E-state index in [1.165, 1.54) is 0 Å². The molecule has 25 heavy (non-hydrogen) atoms. The van der Waals surface area contributed by atoms with Gasteiger partial charge in [-0.25, -0.2) is 0 Å². The summed E-state index contributed by atoms with van der Waals surface area (Å²) >= 11 is 0. The van der Waals surface area contributed by atoms with E-state index < -0.39 is 11.9 Å². The molecule has 0 spiro atoms. The third kappa shape index (κ3) is 2.45. The minimum absolute atomic E-state index is 0.0940. The molecule has 1 unspecified atom stereocenters. The van der Waals surface area contributed by atoms with Gasteiger partial charge in [-0.05, 0) is 49.9 Å². The largest absolute Gasteiger partial charge is 0.481 e. The molecule has 0 aliphatic heterocycles.